The van der Waals surface area contributed by atoms with E-state index in [9.17, 15) is 9.59 Å². The van der Waals surface area contributed by atoms with Gasteiger partial charge in [-0.25, -0.2) is 0 Å². The summed E-state index contributed by atoms with van der Waals surface area (Å²) in [4.78, 5) is 26.3. The highest BCUT2D eigenvalue weighted by molar-refractivity contribution is 6.08. The average molecular weight is 388 g/mol. The number of primary amides is 1. The zero-order valence-electron chi connectivity index (χ0n) is 15.9. The van der Waals surface area contributed by atoms with Gasteiger partial charge in [0.25, 0.3) is 5.91 Å². The first-order valence-corrected chi connectivity index (χ1v) is 8.77. The molecule has 0 aliphatic carbocycles. The quantitative estimate of drug-likeness (QED) is 0.340. The van der Waals surface area contributed by atoms with E-state index < -0.39 is 5.91 Å². The fourth-order valence-electron chi connectivity index (χ4n) is 3.54. The minimum atomic E-state index is -0.656. The Balaban J connectivity index is 2.19. The van der Waals surface area contributed by atoms with Crippen LogP contribution in [0.25, 0.3) is 11.1 Å². The van der Waals surface area contributed by atoms with E-state index in [0.717, 1.165) is 11.8 Å². The van der Waals surface area contributed by atoms with Crippen LogP contribution in [-0.4, -0.2) is 36.5 Å². The van der Waals surface area contributed by atoms with Gasteiger partial charge >= 0.3 is 0 Å². The number of nitriles is 1. The Kier molecular flexibility index (Phi) is 5.07. The minimum Gasteiger partial charge on any atom is -0.398 e. The lowest BCUT2D eigenvalue weighted by molar-refractivity contribution is 0.0794. The van der Waals surface area contributed by atoms with Crippen LogP contribution in [-0.2, 0) is 6.54 Å². The van der Waals surface area contributed by atoms with Crippen LogP contribution in [0.4, 0.5) is 11.4 Å². The Morgan fingerprint density at radius 1 is 1.45 bits per heavy atom. The molecule has 1 aliphatic rings. The second kappa shape index (κ2) is 7.48. The predicted molar refractivity (Wildman–Crippen MR) is 112 cm³/mol. The van der Waals surface area contributed by atoms with Crippen molar-refractivity contribution in [3.8, 4) is 17.2 Å². The molecular weight excluding hydrogens is 368 g/mol. The Morgan fingerprint density at radius 3 is 2.76 bits per heavy atom. The summed E-state index contributed by atoms with van der Waals surface area (Å²) in [5, 5.41) is 19.6. The first kappa shape index (κ1) is 19.6. The molecule has 0 unspecified atom stereocenters. The maximum Gasteiger partial charge on any atom is 0.256 e. The zero-order chi connectivity index (χ0) is 21.3. The largest absolute Gasteiger partial charge is 0.398 e. The van der Waals surface area contributed by atoms with Gasteiger partial charge in [-0.1, -0.05) is 12.6 Å². The van der Waals surface area contributed by atoms with Gasteiger partial charge in [-0.05, 0) is 34.9 Å². The van der Waals surface area contributed by atoms with Crippen molar-refractivity contribution in [1.82, 2.24) is 4.90 Å². The van der Waals surface area contributed by atoms with Crippen LogP contribution in [0.5, 0.6) is 0 Å². The summed E-state index contributed by atoms with van der Waals surface area (Å²) in [6, 6.07) is 8.77. The third kappa shape index (κ3) is 3.30. The number of nitrogen functional groups attached to an aromatic ring is 1. The van der Waals surface area contributed by atoms with Crippen molar-refractivity contribution in [2.45, 2.75) is 6.54 Å². The summed E-state index contributed by atoms with van der Waals surface area (Å²) in [7, 11) is 1.68. The first-order valence-electron chi connectivity index (χ1n) is 8.77. The number of fused-ring (bicyclic) bond motifs is 1. The lowest BCUT2D eigenvalue weighted by Gasteiger charge is -2.16. The molecule has 3 rings (SSSR count). The molecule has 29 heavy (non-hydrogen) atoms. The SMILES string of the molecule is C=C(C#N)CN1Cc2c(-c3cc(NC)c(C=N)c(C(N)=O)c3)ccc(N)c2C1=O. The van der Waals surface area contributed by atoms with E-state index in [2.05, 4.69) is 11.9 Å². The first-order chi connectivity index (χ1) is 13.8. The molecule has 1 heterocycles. The van der Waals surface area contributed by atoms with E-state index >= 15 is 0 Å². The third-order valence-electron chi connectivity index (χ3n) is 4.91. The highest BCUT2D eigenvalue weighted by Crippen LogP contribution is 2.38. The number of carbonyl (C=O) groups is 2. The van der Waals surface area contributed by atoms with Gasteiger partial charge in [0.15, 0.2) is 0 Å². The van der Waals surface area contributed by atoms with Crippen molar-refractivity contribution in [2.75, 3.05) is 24.6 Å². The Labute approximate surface area is 167 Å². The molecular formula is C21H20N6O2. The summed E-state index contributed by atoms with van der Waals surface area (Å²) >= 11 is 0. The van der Waals surface area contributed by atoms with Crippen LogP contribution in [0.15, 0.2) is 36.4 Å². The fraction of sp³-hybridized carbons (Fsp3) is 0.143. The molecule has 2 aromatic carbocycles. The van der Waals surface area contributed by atoms with Gasteiger partial charge in [0.1, 0.15) is 0 Å². The highest BCUT2D eigenvalue weighted by atomic mass is 16.2. The summed E-state index contributed by atoms with van der Waals surface area (Å²) in [6.45, 7) is 4.02. The number of rotatable bonds is 6. The number of hydrogen-bond donors (Lipinski definition) is 4. The summed E-state index contributed by atoms with van der Waals surface area (Å²) in [5.41, 5.74) is 15.8. The summed E-state index contributed by atoms with van der Waals surface area (Å²) in [5.74, 6) is -0.923. The van der Waals surface area contributed by atoms with E-state index in [1.165, 1.54) is 4.90 Å². The second-order valence-electron chi connectivity index (χ2n) is 6.68. The summed E-state index contributed by atoms with van der Waals surface area (Å²) < 4.78 is 0. The number of nitrogens with one attached hydrogen (secondary N) is 2. The van der Waals surface area contributed by atoms with Crippen molar-refractivity contribution < 1.29 is 9.59 Å². The molecule has 0 atom stereocenters. The van der Waals surface area contributed by atoms with Crippen molar-refractivity contribution in [3.63, 3.8) is 0 Å². The molecule has 0 bridgehead atoms. The van der Waals surface area contributed by atoms with Crippen molar-refractivity contribution in [1.29, 1.82) is 10.7 Å². The number of nitrogens with zero attached hydrogens (tertiary/aromatic N) is 2. The van der Waals surface area contributed by atoms with Crippen LogP contribution in [0.3, 0.4) is 0 Å². The molecule has 0 radical (unpaired) electrons. The predicted octanol–water partition coefficient (Wildman–Crippen LogP) is 2.11. The normalized spacial score (nSPS) is 12.3. The molecule has 8 heteroatoms. The third-order valence-corrected chi connectivity index (χ3v) is 4.91. The minimum absolute atomic E-state index is 0.115. The monoisotopic (exact) mass is 388 g/mol. The standard InChI is InChI=1S/C21H20N6O2/c1-11(7-22)9-27-10-16-13(3-4-17(24)19(16)21(27)29)12-5-14(20(25)28)15(8-23)18(6-12)26-2/h3-6,8,23,26H,1,9-10,24H2,2H3,(H2,25,28). The maximum absolute atomic E-state index is 12.8. The highest BCUT2D eigenvalue weighted by Gasteiger charge is 2.32. The van der Waals surface area contributed by atoms with Gasteiger partial charge in [-0.3, -0.25) is 9.59 Å². The molecule has 146 valence electrons. The molecule has 2 aromatic rings. The number of nitrogens with two attached hydrogens (primary N) is 2. The zero-order valence-corrected chi connectivity index (χ0v) is 15.9. The number of carbonyl (C=O) groups excluding carboxylic acids is 2. The van der Waals surface area contributed by atoms with E-state index in [1.807, 2.05) is 6.07 Å². The van der Waals surface area contributed by atoms with Crippen LogP contribution in [0, 0.1) is 16.7 Å². The molecule has 0 aromatic heterocycles. The smallest absolute Gasteiger partial charge is 0.256 e. The lowest BCUT2D eigenvalue weighted by Crippen LogP contribution is -2.26. The van der Waals surface area contributed by atoms with Gasteiger partial charge in [-0.15, -0.1) is 0 Å². The number of amides is 2. The average Bonchev–Trinajstić information content (AvgIpc) is 3.03. The number of anilines is 2. The van der Waals surface area contributed by atoms with E-state index in [0.29, 0.717) is 33.6 Å². The Bertz CT molecular complexity index is 1110. The fourth-order valence-corrected chi connectivity index (χ4v) is 3.54. The molecule has 6 N–H and O–H groups in total. The van der Waals surface area contributed by atoms with Crippen molar-refractivity contribution >= 4 is 29.4 Å². The van der Waals surface area contributed by atoms with Crippen molar-refractivity contribution in [2.24, 2.45) is 5.73 Å². The molecule has 8 nitrogen and oxygen atoms in total. The van der Waals surface area contributed by atoms with E-state index in [4.69, 9.17) is 22.1 Å². The Morgan fingerprint density at radius 2 is 2.17 bits per heavy atom. The number of benzene rings is 2. The van der Waals surface area contributed by atoms with Crippen LogP contribution >= 0.6 is 0 Å². The van der Waals surface area contributed by atoms with Gasteiger partial charge < -0.3 is 27.1 Å². The van der Waals surface area contributed by atoms with Gasteiger partial charge in [0.2, 0.25) is 5.91 Å². The van der Waals surface area contributed by atoms with Crippen LogP contribution < -0.4 is 16.8 Å². The maximum atomic E-state index is 12.8. The lowest BCUT2D eigenvalue weighted by atomic mass is 9.92. The van der Waals surface area contributed by atoms with Gasteiger partial charge in [0, 0.05) is 42.3 Å². The molecule has 0 fully saturated rings. The molecule has 1 aliphatic heterocycles. The summed E-state index contributed by atoms with van der Waals surface area (Å²) in [6.07, 6.45) is 1.07. The van der Waals surface area contributed by atoms with E-state index in [-0.39, 0.29) is 30.1 Å². The van der Waals surface area contributed by atoms with Gasteiger partial charge in [0.05, 0.1) is 23.7 Å². The molecule has 0 saturated carbocycles. The van der Waals surface area contributed by atoms with E-state index in [1.54, 1.807) is 31.3 Å². The molecule has 0 saturated heterocycles. The second-order valence-corrected chi connectivity index (χ2v) is 6.68. The topological polar surface area (TPSA) is 149 Å². The van der Waals surface area contributed by atoms with Crippen LogP contribution in [0.1, 0.15) is 31.8 Å². The van der Waals surface area contributed by atoms with Crippen LogP contribution in [0.2, 0.25) is 0 Å². The Hall–Kier alpha value is -4.12. The molecule has 2 amide bonds. The van der Waals surface area contributed by atoms with Crippen molar-refractivity contribution in [3.05, 3.63) is 58.7 Å². The number of hydrogen-bond acceptors (Lipinski definition) is 6. The van der Waals surface area contributed by atoms with Gasteiger partial charge in [-0.2, -0.15) is 5.26 Å². The molecule has 0 spiro atoms.